The lowest BCUT2D eigenvalue weighted by Crippen LogP contribution is -1.97. The van der Waals surface area contributed by atoms with Crippen LogP contribution in [-0.4, -0.2) is 34.6 Å². The highest BCUT2D eigenvalue weighted by Crippen LogP contribution is 2.31. The Hall–Kier alpha value is -4.17. The van der Waals surface area contributed by atoms with Crippen molar-refractivity contribution in [3.63, 3.8) is 0 Å². The summed E-state index contributed by atoms with van der Waals surface area (Å²) in [7, 11) is -3.25. The molecule has 0 aliphatic rings. The SMILES string of the molecule is CS(=O)(=O)c1ccc(-c2cnc(N)c(-c3ccc(-c4ccc5nccnc5c4)nc3)c2)cc1. The van der Waals surface area contributed by atoms with Crippen LogP contribution in [0.25, 0.3) is 44.5 Å². The number of nitrogens with two attached hydrogens (primary N) is 1. The maximum Gasteiger partial charge on any atom is 0.175 e. The molecule has 0 unspecified atom stereocenters. The van der Waals surface area contributed by atoms with E-state index in [4.69, 9.17) is 5.73 Å². The Morgan fingerprint density at radius 2 is 1.33 bits per heavy atom. The molecule has 0 spiro atoms. The zero-order chi connectivity index (χ0) is 23.0. The number of aromatic nitrogens is 4. The van der Waals surface area contributed by atoms with E-state index in [1.54, 1.807) is 49.1 Å². The van der Waals surface area contributed by atoms with Gasteiger partial charge in [-0.25, -0.2) is 13.4 Å². The normalized spacial score (nSPS) is 11.5. The highest BCUT2D eigenvalue weighted by atomic mass is 32.2. The van der Waals surface area contributed by atoms with Gasteiger partial charge < -0.3 is 5.73 Å². The first-order valence-electron chi connectivity index (χ1n) is 10.1. The number of fused-ring (bicyclic) bond motifs is 1. The minimum atomic E-state index is -3.25. The second-order valence-corrected chi connectivity index (χ2v) is 9.66. The summed E-state index contributed by atoms with van der Waals surface area (Å²) in [5.74, 6) is 0.391. The molecule has 0 bridgehead atoms. The molecule has 5 rings (SSSR count). The Kier molecular flexibility index (Phi) is 5.07. The van der Waals surface area contributed by atoms with E-state index >= 15 is 0 Å². The molecule has 0 fully saturated rings. The zero-order valence-corrected chi connectivity index (χ0v) is 18.5. The molecule has 3 aromatic heterocycles. The third kappa shape index (κ3) is 4.16. The van der Waals surface area contributed by atoms with Gasteiger partial charge in [0.25, 0.3) is 0 Å². The lowest BCUT2D eigenvalue weighted by Gasteiger charge is -2.10. The van der Waals surface area contributed by atoms with Gasteiger partial charge in [-0.1, -0.05) is 24.3 Å². The topological polar surface area (TPSA) is 112 Å². The Bertz CT molecular complexity index is 1580. The predicted molar refractivity (Wildman–Crippen MR) is 129 cm³/mol. The number of benzene rings is 2. The van der Waals surface area contributed by atoms with Crippen LogP contribution in [0.3, 0.4) is 0 Å². The number of nitrogen functional groups attached to an aromatic ring is 1. The van der Waals surface area contributed by atoms with Crippen LogP contribution in [0.1, 0.15) is 0 Å². The molecule has 0 atom stereocenters. The third-order valence-corrected chi connectivity index (χ3v) is 6.50. The minimum Gasteiger partial charge on any atom is -0.383 e. The highest BCUT2D eigenvalue weighted by molar-refractivity contribution is 7.90. The first-order valence-corrected chi connectivity index (χ1v) is 12.0. The average molecular weight is 454 g/mol. The number of hydrogen-bond donors (Lipinski definition) is 1. The summed E-state index contributed by atoms with van der Waals surface area (Å²) in [4.78, 5) is 17.9. The molecular weight excluding hydrogens is 434 g/mol. The van der Waals surface area contributed by atoms with Crippen LogP contribution in [0, 0.1) is 0 Å². The summed E-state index contributed by atoms with van der Waals surface area (Å²) in [6.07, 6.45) is 7.96. The molecule has 0 amide bonds. The molecule has 8 heteroatoms. The Labute approximate surface area is 190 Å². The average Bonchev–Trinajstić information content (AvgIpc) is 2.84. The molecule has 33 heavy (non-hydrogen) atoms. The maximum atomic E-state index is 11.7. The largest absolute Gasteiger partial charge is 0.383 e. The molecule has 0 saturated carbocycles. The molecule has 0 radical (unpaired) electrons. The van der Waals surface area contributed by atoms with Gasteiger partial charge in [0, 0.05) is 53.3 Å². The summed E-state index contributed by atoms with van der Waals surface area (Å²) in [5, 5.41) is 0. The van der Waals surface area contributed by atoms with Gasteiger partial charge in [0.15, 0.2) is 9.84 Å². The summed E-state index contributed by atoms with van der Waals surface area (Å²) >= 11 is 0. The number of hydrogen-bond acceptors (Lipinski definition) is 7. The fraction of sp³-hybridized carbons (Fsp3) is 0.0400. The van der Waals surface area contributed by atoms with Crippen LogP contribution >= 0.6 is 0 Å². The molecule has 3 heterocycles. The van der Waals surface area contributed by atoms with Gasteiger partial charge in [0.2, 0.25) is 0 Å². The second kappa shape index (κ2) is 8.07. The molecule has 5 aromatic rings. The van der Waals surface area contributed by atoms with Gasteiger partial charge in [-0.3, -0.25) is 15.0 Å². The molecule has 162 valence electrons. The number of nitrogens with zero attached hydrogens (tertiary/aromatic N) is 4. The van der Waals surface area contributed by atoms with Crippen molar-refractivity contribution in [1.29, 1.82) is 0 Å². The number of sulfone groups is 1. The Morgan fingerprint density at radius 1 is 0.667 bits per heavy atom. The van der Waals surface area contributed by atoms with Gasteiger partial charge >= 0.3 is 0 Å². The first-order chi connectivity index (χ1) is 15.9. The van der Waals surface area contributed by atoms with Gasteiger partial charge in [-0.15, -0.1) is 0 Å². The number of rotatable bonds is 4. The van der Waals surface area contributed by atoms with Crippen molar-refractivity contribution in [2.75, 3.05) is 12.0 Å². The summed E-state index contributed by atoms with van der Waals surface area (Å²) in [5.41, 5.74) is 12.8. The molecule has 0 aliphatic carbocycles. The summed E-state index contributed by atoms with van der Waals surface area (Å²) in [6.45, 7) is 0. The van der Waals surface area contributed by atoms with Crippen molar-refractivity contribution in [3.8, 4) is 33.5 Å². The summed E-state index contributed by atoms with van der Waals surface area (Å²) < 4.78 is 23.4. The number of anilines is 1. The molecule has 0 aliphatic heterocycles. The van der Waals surface area contributed by atoms with Crippen molar-refractivity contribution < 1.29 is 8.42 Å². The zero-order valence-electron chi connectivity index (χ0n) is 17.7. The highest BCUT2D eigenvalue weighted by Gasteiger charge is 2.11. The van der Waals surface area contributed by atoms with Gasteiger partial charge in [-0.2, -0.15) is 0 Å². The van der Waals surface area contributed by atoms with Crippen molar-refractivity contribution >= 4 is 26.7 Å². The predicted octanol–water partition coefficient (Wildman–Crippen LogP) is 4.41. The van der Waals surface area contributed by atoms with Crippen molar-refractivity contribution in [2.45, 2.75) is 4.90 Å². The lowest BCUT2D eigenvalue weighted by atomic mass is 10.0. The van der Waals surface area contributed by atoms with Crippen molar-refractivity contribution in [3.05, 3.63) is 85.5 Å². The van der Waals surface area contributed by atoms with E-state index in [-0.39, 0.29) is 4.90 Å². The number of pyridine rings is 2. The quantitative estimate of drug-likeness (QED) is 0.429. The summed E-state index contributed by atoms with van der Waals surface area (Å²) in [6, 6.07) is 18.4. The van der Waals surface area contributed by atoms with Crippen molar-refractivity contribution in [2.24, 2.45) is 0 Å². The van der Waals surface area contributed by atoms with E-state index in [9.17, 15) is 8.42 Å². The van der Waals surface area contributed by atoms with Gasteiger partial charge in [-0.05, 0) is 42.0 Å². The molecule has 0 saturated heterocycles. The molecule has 7 nitrogen and oxygen atoms in total. The maximum absolute atomic E-state index is 11.7. The van der Waals surface area contributed by atoms with E-state index in [0.29, 0.717) is 5.82 Å². The fourth-order valence-electron chi connectivity index (χ4n) is 3.61. The lowest BCUT2D eigenvalue weighted by molar-refractivity contribution is 0.602. The first kappa shape index (κ1) is 20.7. The smallest absolute Gasteiger partial charge is 0.175 e. The monoisotopic (exact) mass is 453 g/mol. The van der Waals surface area contributed by atoms with E-state index in [0.717, 1.165) is 44.5 Å². The Morgan fingerprint density at radius 3 is 2.03 bits per heavy atom. The van der Waals surface area contributed by atoms with Crippen LogP contribution in [0.2, 0.25) is 0 Å². The second-order valence-electron chi connectivity index (χ2n) is 7.65. The van der Waals surface area contributed by atoms with Crippen molar-refractivity contribution in [1.82, 2.24) is 19.9 Å². The molecular formula is C25H19N5O2S. The van der Waals surface area contributed by atoms with Crippen LogP contribution in [0.4, 0.5) is 5.82 Å². The fourth-order valence-corrected chi connectivity index (χ4v) is 4.24. The van der Waals surface area contributed by atoms with Gasteiger partial charge in [0.05, 0.1) is 21.6 Å². The van der Waals surface area contributed by atoms with E-state index < -0.39 is 9.84 Å². The van der Waals surface area contributed by atoms with Crippen LogP contribution in [0.5, 0.6) is 0 Å². The van der Waals surface area contributed by atoms with Crippen LogP contribution < -0.4 is 5.73 Å². The minimum absolute atomic E-state index is 0.273. The standard InChI is InChI=1S/C25H19N5O2S/c1-33(31,32)20-6-2-16(3-7-20)19-12-21(25(26)30-15-19)18-5-8-22(29-14-18)17-4-9-23-24(13-17)28-11-10-27-23/h2-15H,1H3,(H2,26,30). The molecule has 2 aromatic carbocycles. The Balaban J connectivity index is 1.48. The van der Waals surface area contributed by atoms with E-state index in [1.807, 2.05) is 36.4 Å². The molecule has 2 N–H and O–H groups in total. The third-order valence-electron chi connectivity index (χ3n) is 5.37. The van der Waals surface area contributed by atoms with Crippen LogP contribution in [0.15, 0.2) is 90.3 Å². The van der Waals surface area contributed by atoms with E-state index in [1.165, 1.54) is 6.26 Å². The van der Waals surface area contributed by atoms with Gasteiger partial charge in [0.1, 0.15) is 5.82 Å². The van der Waals surface area contributed by atoms with E-state index in [2.05, 4.69) is 19.9 Å². The van der Waals surface area contributed by atoms with Crippen LogP contribution in [-0.2, 0) is 9.84 Å².